The Bertz CT molecular complexity index is 1360. The lowest BCUT2D eigenvalue weighted by molar-refractivity contribution is 0.0476. The predicted molar refractivity (Wildman–Crippen MR) is 157 cm³/mol. The van der Waals surface area contributed by atoms with Crippen LogP contribution in [-0.2, 0) is 22.4 Å². The summed E-state index contributed by atoms with van der Waals surface area (Å²) in [6, 6.07) is 4.69. The lowest BCUT2D eigenvalue weighted by Crippen LogP contribution is -2.44. The lowest BCUT2D eigenvalue weighted by Gasteiger charge is -2.27. The highest BCUT2D eigenvalue weighted by molar-refractivity contribution is 7.09. The van der Waals surface area contributed by atoms with Gasteiger partial charge in [0.05, 0.1) is 18.3 Å². The number of rotatable bonds is 8. The third kappa shape index (κ3) is 8.41. The zero-order chi connectivity index (χ0) is 29.8. The number of hydrogen-bond donors (Lipinski definition) is 1. The van der Waals surface area contributed by atoms with Gasteiger partial charge in [-0.1, -0.05) is 12.1 Å². The Morgan fingerprint density at radius 1 is 1.23 bits per heavy atom. The Kier molecular flexibility index (Phi) is 9.84. The van der Waals surface area contributed by atoms with Crippen molar-refractivity contribution in [2.75, 3.05) is 4.90 Å². The maximum atomic E-state index is 14.8. The highest BCUT2D eigenvalue weighted by atomic mass is 35.5. The second-order valence-electron chi connectivity index (χ2n) is 11.3. The van der Waals surface area contributed by atoms with E-state index < -0.39 is 35.6 Å². The molecular formula is C28H37ClFN5O4S. The molecule has 0 bridgehead atoms. The van der Waals surface area contributed by atoms with Gasteiger partial charge < -0.3 is 14.8 Å². The van der Waals surface area contributed by atoms with Gasteiger partial charge in [0.1, 0.15) is 22.9 Å². The molecule has 0 aromatic carbocycles. The number of anilines is 1. The molecule has 9 nitrogen and oxygen atoms in total. The molecule has 218 valence electrons. The van der Waals surface area contributed by atoms with Crippen molar-refractivity contribution in [2.45, 2.75) is 91.8 Å². The van der Waals surface area contributed by atoms with Crippen molar-refractivity contribution in [2.24, 2.45) is 0 Å². The molecule has 3 rings (SSSR count). The van der Waals surface area contributed by atoms with E-state index in [0.29, 0.717) is 16.8 Å². The Morgan fingerprint density at radius 3 is 2.45 bits per heavy atom. The van der Waals surface area contributed by atoms with E-state index in [1.807, 2.05) is 30.5 Å². The van der Waals surface area contributed by atoms with Crippen molar-refractivity contribution >= 4 is 52.5 Å². The Hall–Kier alpha value is -3.18. The highest BCUT2D eigenvalue weighted by Gasteiger charge is 2.30. The van der Waals surface area contributed by atoms with Gasteiger partial charge in [0.2, 0.25) is 5.28 Å². The number of nitrogens with zero attached hydrogens (tertiary/aromatic N) is 4. The number of alkyl halides is 1. The van der Waals surface area contributed by atoms with Crippen molar-refractivity contribution < 1.29 is 23.5 Å². The number of amides is 2. The summed E-state index contributed by atoms with van der Waals surface area (Å²) in [4.78, 5) is 32.6. The molecule has 0 aliphatic heterocycles. The zero-order valence-electron chi connectivity index (χ0n) is 24.1. The molecule has 0 aliphatic carbocycles. The number of halogens is 2. The smallest absolute Gasteiger partial charge is 0.416 e. The number of ether oxygens (including phenoxy) is 2. The van der Waals surface area contributed by atoms with Gasteiger partial charge >= 0.3 is 12.2 Å². The summed E-state index contributed by atoms with van der Waals surface area (Å²) in [5.41, 5.74) is 0.266. The maximum absolute atomic E-state index is 14.8. The van der Waals surface area contributed by atoms with Crippen LogP contribution < -0.4 is 10.2 Å². The van der Waals surface area contributed by atoms with E-state index in [9.17, 15) is 14.0 Å². The standard InChI is InChI=1S/C28H37ClFN5O4S/c1-9-11-21-18(14-20(17(2)30)31-25(36)38-27(3,4)5)15-22-23(32-24(29)33-35(21)22)34(16-19-12-10-13-40-19)26(37)39-28(6,7)8/h9-13,15,17,20H,14,16H2,1-8H3,(H,31,36)/b11-9+/t17-,20+/m0/s1. The molecule has 0 saturated carbocycles. The van der Waals surface area contributed by atoms with Crippen molar-refractivity contribution in [1.29, 1.82) is 0 Å². The van der Waals surface area contributed by atoms with Gasteiger partial charge in [0.15, 0.2) is 5.82 Å². The number of nitrogens with one attached hydrogen (secondary N) is 1. The Morgan fingerprint density at radius 2 is 1.90 bits per heavy atom. The normalized spacial score (nSPS) is 13.8. The van der Waals surface area contributed by atoms with E-state index in [2.05, 4.69) is 15.4 Å². The zero-order valence-corrected chi connectivity index (χ0v) is 25.7. The minimum absolute atomic E-state index is 0.0857. The average molecular weight is 594 g/mol. The van der Waals surface area contributed by atoms with Crippen molar-refractivity contribution in [1.82, 2.24) is 19.9 Å². The summed E-state index contributed by atoms with van der Waals surface area (Å²) < 4.78 is 27.4. The first-order valence-electron chi connectivity index (χ1n) is 13.0. The largest absolute Gasteiger partial charge is 0.444 e. The van der Waals surface area contributed by atoms with Crippen LogP contribution in [0.15, 0.2) is 29.7 Å². The summed E-state index contributed by atoms with van der Waals surface area (Å²) in [6.07, 6.45) is 1.03. The van der Waals surface area contributed by atoms with Crippen LogP contribution >= 0.6 is 22.9 Å². The molecule has 3 aromatic rings. The lowest BCUT2D eigenvalue weighted by atomic mass is 10.0. The Labute approximate surface area is 243 Å². The fourth-order valence-electron chi connectivity index (χ4n) is 3.91. The number of thiophene rings is 1. The maximum Gasteiger partial charge on any atom is 0.416 e. The molecule has 3 heterocycles. The van der Waals surface area contributed by atoms with E-state index in [4.69, 9.17) is 21.1 Å². The van der Waals surface area contributed by atoms with E-state index in [1.54, 1.807) is 58.2 Å². The van der Waals surface area contributed by atoms with Crippen LogP contribution in [0.4, 0.5) is 19.8 Å². The first kappa shape index (κ1) is 31.3. The van der Waals surface area contributed by atoms with Gasteiger partial charge in [-0.05, 0) is 103 Å². The highest BCUT2D eigenvalue weighted by Crippen LogP contribution is 2.30. The van der Waals surface area contributed by atoms with Gasteiger partial charge in [-0.15, -0.1) is 16.4 Å². The molecule has 0 aliphatic rings. The molecule has 12 heteroatoms. The van der Waals surface area contributed by atoms with Gasteiger partial charge in [0, 0.05) is 4.88 Å². The minimum Gasteiger partial charge on any atom is -0.444 e. The number of aromatic nitrogens is 3. The molecule has 0 unspecified atom stereocenters. The number of carbonyl (C=O) groups excluding carboxylic acids is 2. The number of carbonyl (C=O) groups is 2. The van der Waals surface area contributed by atoms with Crippen molar-refractivity contribution in [3.05, 3.63) is 51.1 Å². The van der Waals surface area contributed by atoms with Crippen LogP contribution in [0.1, 0.15) is 71.5 Å². The summed E-state index contributed by atoms with van der Waals surface area (Å²) in [7, 11) is 0. The van der Waals surface area contributed by atoms with Gasteiger partial charge in [0.25, 0.3) is 0 Å². The molecule has 2 atom stereocenters. The number of hydrogen-bond acceptors (Lipinski definition) is 7. The second kappa shape index (κ2) is 12.6. The van der Waals surface area contributed by atoms with Crippen LogP contribution in [0.3, 0.4) is 0 Å². The van der Waals surface area contributed by atoms with Crippen LogP contribution in [0.2, 0.25) is 5.28 Å². The van der Waals surface area contributed by atoms with Crippen LogP contribution in [-0.4, -0.2) is 50.2 Å². The molecule has 1 N–H and O–H groups in total. The van der Waals surface area contributed by atoms with E-state index in [-0.39, 0.29) is 24.1 Å². The minimum atomic E-state index is -1.39. The van der Waals surface area contributed by atoms with Crippen molar-refractivity contribution in [3.8, 4) is 0 Å². The van der Waals surface area contributed by atoms with Crippen LogP contribution in [0, 0.1) is 0 Å². The first-order valence-corrected chi connectivity index (χ1v) is 14.2. The van der Waals surface area contributed by atoms with Crippen LogP contribution in [0.25, 0.3) is 11.6 Å². The summed E-state index contributed by atoms with van der Waals surface area (Å²) in [5, 5.41) is 8.86. The fraction of sp³-hybridized carbons (Fsp3) is 0.500. The second-order valence-corrected chi connectivity index (χ2v) is 12.7. The molecular weight excluding hydrogens is 557 g/mol. The number of fused-ring (bicyclic) bond motifs is 1. The van der Waals surface area contributed by atoms with Gasteiger partial charge in [-0.2, -0.15) is 4.98 Å². The Balaban J connectivity index is 2.12. The molecule has 40 heavy (non-hydrogen) atoms. The molecule has 3 aromatic heterocycles. The summed E-state index contributed by atoms with van der Waals surface area (Å²) >= 11 is 7.87. The van der Waals surface area contributed by atoms with E-state index in [1.165, 1.54) is 23.2 Å². The van der Waals surface area contributed by atoms with Crippen LogP contribution in [0.5, 0.6) is 0 Å². The van der Waals surface area contributed by atoms with Gasteiger partial charge in [-0.3, -0.25) is 4.90 Å². The number of alkyl carbamates (subject to hydrolysis) is 1. The van der Waals surface area contributed by atoms with Crippen molar-refractivity contribution in [3.63, 3.8) is 0 Å². The van der Waals surface area contributed by atoms with E-state index in [0.717, 1.165) is 4.88 Å². The molecule has 0 spiro atoms. The van der Waals surface area contributed by atoms with Gasteiger partial charge in [-0.25, -0.2) is 18.5 Å². The molecule has 0 radical (unpaired) electrons. The quantitative estimate of drug-likeness (QED) is 0.296. The first-order chi connectivity index (χ1) is 18.6. The van der Waals surface area contributed by atoms with E-state index >= 15 is 0 Å². The topological polar surface area (TPSA) is 98.1 Å². The monoisotopic (exact) mass is 593 g/mol. The summed E-state index contributed by atoms with van der Waals surface area (Å²) in [6.45, 7) is 14.0. The average Bonchev–Trinajstić information content (AvgIpc) is 3.43. The third-order valence-electron chi connectivity index (χ3n) is 5.49. The molecule has 0 saturated heterocycles. The molecule has 0 fully saturated rings. The molecule has 2 amide bonds. The SMILES string of the molecule is C/C=C/c1c(C[C@@H](NC(=O)OC(C)(C)C)[C@H](C)F)cc2c(N(Cc3cccs3)C(=O)OC(C)(C)C)nc(Cl)nn12. The predicted octanol–water partition coefficient (Wildman–Crippen LogP) is 7.21. The summed E-state index contributed by atoms with van der Waals surface area (Å²) in [5.74, 6) is 0.240. The fourth-order valence-corrected chi connectivity index (χ4v) is 4.75. The number of allylic oxidation sites excluding steroid dienone is 1. The third-order valence-corrected chi connectivity index (χ3v) is 6.51.